The summed E-state index contributed by atoms with van der Waals surface area (Å²) in [7, 11) is 0. The quantitative estimate of drug-likeness (QED) is 0.220. The molecule has 0 saturated heterocycles. The molecule has 0 spiro atoms. The molecule has 0 atom stereocenters. The van der Waals surface area contributed by atoms with Crippen LogP contribution in [0.4, 0.5) is 0 Å². The second-order valence-corrected chi connectivity index (χ2v) is 2.79. The molecule has 0 bridgehead atoms. The van der Waals surface area contributed by atoms with Gasteiger partial charge >= 0.3 is 5.69 Å². The number of hydrogen-bond acceptors (Lipinski definition) is 3. The van der Waals surface area contributed by atoms with Crippen molar-refractivity contribution in [2.24, 2.45) is 10.9 Å². The van der Waals surface area contributed by atoms with E-state index in [9.17, 15) is 4.79 Å². The number of hydrogen-bond donors (Lipinski definition) is 4. The molecule has 0 aliphatic heterocycles. The van der Waals surface area contributed by atoms with Gasteiger partial charge in [0, 0.05) is 5.56 Å². The molecule has 0 saturated carbocycles. The van der Waals surface area contributed by atoms with Crippen LogP contribution in [0.1, 0.15) is 5.56 Å². The Kier molecular flexibility index (Phi) is 1.74. The van der Waals surface area contributed by atoms with E-state index in [1.807, 2.05) is 0 Å². The van der Waals surface area contributed by atoms with E-state index in [1.165, 1.54) is 0 Å². The topological polar surface area (TPSA) is 107 Å². The van der Waals surface area contributed by atoms with E-state index in [2.05, 4.69) is 15.1 Å². The Bertz CT molecular complexity index is 552. The molecular weight excluding hydrogens is 184 g/mol. The third-order valence-electron chi connectivity index (χ3n) is 1.93. The Morgan fingerprint density at radius 3 is 2.93 bits per heavy atom. The summed E-state index contributed by atoms with van der Waals surface area (Å²) in [5, 5.41) is 11.4. The predicted molar refractivity (Wildman–Crippen MR) is 51.4 cm³/mol. The van der Waals surface area contributed by atoms with E-state index in [-0.39, 0.29) is 11.5 Å². The molecule has 5 N–H and O–H groups in total. The third kappa shape index (κ3) is 1.13. The highest BCUT2D eigenvalue weighted by atomic mass is 16.4. The number of benzene rings is 1. The van der Waals surface area contributed by atoms with Crippen molar-refractivity contribution in [3.05, 3.63) is 34.2 Å². The first-order valence-electron chi connectivity index (χ1n) is 3.91. The fourth-order valence-corrected chi connectivity index (χ4v) is 1.33. The maximum absolute atomic E-state index is 11.0. The van der Waals surface area contributed by atoms with E-state index in [4.69, 9.17) is 10.9 Å². The molecule has 2 aromatic rings. The highest BCUT2D eigenvalue weighted by Crippen LogP contribution is 2.12. The smallest absolute Gasteiger partial charge is 0.323 e. The van der Waals surface area contributed by atoms with E-state index in [0.29, 0.717) is 16.6 Å². The molecule has 0 fully saturated rings. The first-order valence-corrected chi connectivity index (χ1v) is 3.91. The molecule has 72 valence electrons. The van der Waals surface area contributed by atoms with Gasteiger partial charge in [-0.1, -0.05) is 11.2 Å². The van der Waals surface area contributed by atoms with Gasteiger partial charge in [-0.2, -0.15) is 0 Å². The van der Waals surface area contributed by atoms with Gasteiger partial charge in [-0.3, -0.25) is 0 Å². The number of aromatic nitrogens is 2. The number of nitrogens with two attached hydrogens (primary N) is 1. The first kappa shape index (κ1) is 8.36. The number of imidazole rings is 1. The van der Waals surface area contributed by atoms with Crippen molar-refractivity contribution in [2.45, 2.75) is 0 Å². The fraction of sp³-hybridized carbons (Fsp3) is 0. The molecule has 0 amide bonds. The lowest BCUT2D eigenvalue weighted by Gasteiger charge is -1.98. The fourth-order valence-electron chi connectivity index (χ4n) is 1.33. The second kappa shape index (κ2) is 2.91. The van der Waals surface area contributed by atoms with Crippen molar-refractivity contribution in [3.8, 4) is 0 Å². The van der Waals surface area contributed by atoms with Gasteiger partial charge in [-0.25, -0.2) is 4.79 Å². The second-order valence-electron chi connectivity index (χ2n) is 2.79. The lowest BCUT2D eigenvalue weighted by molar-refractivity contribution is 0.318. The molecule has 6 heteroatoms. The Morgan fingerprint density at radius 2 is 2.21 bits per heavy atom. The van der Waals surface area contributed by atoms with Gasteiger partial charge in [0.1, 0.15) is 0 Å². The molecule has 2 rings (SSSR count). The van der Waals surface area contributed by atoms with Crippen LogP contribution in [-0.2, 0) is 0 Å². The molecule has 0 aliphatic carbocycles. The number of rotatable bonds is 1. The van der Waals surface area contributed by atoms with Crippen molar-refractivity contribution in [1.29, 1.82) is 0 Å². The number of fused-ring (bicyclic) bond motifs is 1. The van der Waals surface area contributed by atoms with Crippen LogP contribution >= 0.6 is 0 Å². The van der Waals surface area contributed by atoms with E-state index in [1.54, 1.807) is 18.2 Å². The summed E-state index contributed by atoms with van der Waals surface area (Å²) in [6, 6.07) is 5.09. The zero-order chi connectivity index (χ0) is 10.1. The monoisotopic (exact) mass is 192 g/mol. The maximum atomic E-state index is 11.0. The zero-order valence-corrected chi connectivity index (χ0v) is 7.11. The van der Waals surface area contributed by atoms with Crippen LogP contribution in [0.5, 0.6) is 0 Å². The highest BCUT2D eigenvalue weighted by molar-refractivity contribution is 6.06. The molecule has 6 nitrogen and oxygen atoms in total. The van der Waals surface area contributed by atoms with Gasteiger partial charge in [0.15, 0.2) is 5.84 Å². The van der Waals surface area contributed by atoms with Crippen molar-refractivity contribution in [3.63, 3.8) is 0 Å². The van der Waals surface area contributed by atoms with Crippen molar-refractivity contribution in [1.82, 2.24) is 9.97 Å². The molecule has 1 aromatic heterocycles. The summed E-state index contributed by atoms with van der Waals surface area (Å²) < 4.78 is 0. The average Bonchev–Trinajstić information content (AvgIpc) is 2.56. The van der Waals surface area contributed by atoms with Crippen molar-refractivity contribution < 1.29 is 5.21 Å². The Hall–Kier alpha value is -2.24. The van der Waals surface area contributed by atoms with E-state index in [0.717, 1.165) is 0 Å². The van der Waals surface area contributed by atoms with Crippen LogP contribution in [0.2, 0.25) is 0 Å². The van der Waals surface area contributed by atoms with E-state index >= 15 is 0 Å². The minimum absolute atomic E-state index is 0.0362. The molecule has 0 unspecified atom stereocenters. The number of nitrogens with one attached hydrogen (secondary N) is 2. The SMILES string of the molecule is N/C(=N/O)c1cccc2[nH]c(=O)[nH]c12. The standard InChI is InChI=1S/C8H8N4O2/c9-7(12-14)4-2-1-3-5-6(4)11-8(13)10-5/h1-3,14H,(H2,9,12)(H2,10,11,13). The summed E-state index contributed by atoms with van der Waals surface area (Å²) in [4.78, 5) is 16.1. The number of aromatic amines is 2. The molecular formula is C8H8N4O2. The Morgan fingerprint density at radius 1 is 1.43 bits per heavy atom. The number of oxime groups is 1. The summed E-state index contributed by atoms with van der Waals surface area (Å²) in [6.07, 6.45) is 0. The van der Waals surface area contributed by atoms with Gasteiger partial charge in [0.05, 0.1) is 11.0 Å². The summed E-state index contributed by atoms with van der Waals surface area (Å²) in [5.41, 5.74) is 6.76. The summed E-state index contributed by atoms with van der Waals surface area (Å²) >= 11 is 0. The average molecular weight is 192 g/mol. The normalized spacial score (nSPS) is 12.1. The van der Waals surface area contributed by atoms with Gasteiger partial charge < -0.3 is 20.9 Å². The van der Waals surface area contributed by atoms with Crippen LogP contribution in [0.15, 0.2) is 28.1 Å². The first-order chi connectivity index (χ1) is 6.72. The summed E-state index contributed by atoms with van der Waals surface area (Å²) in [5.74, 6) is -0.0362. The van der Waals surface area contributed by atoms with Crippen LogP contribution in [0.3, 0.4) is 0 Å². The number of para-hydroxylation sites is 1. The molecule has 14 heavy (non-hydrogen) atoms. The minimum Gasteiger partial charge on any atom is -0.409 e. The lowest BCUT2D eigenvalue weighted by atomic mass is 10.2. The molecule has 1 aromatic carbocycles. The van der Waals surface area contributed by atoms with Crippen molar-refractivity contribution >= 4 is 16.9 Å². The molecule has 0 radical (unpaired) electrons. The minimum atomic E-state index is -0.321. The Labute approximate surface area is 78.1 Å². The van der Waals surface area contributed by atoms with Crippen LogP contribution in [-0.4, -0.2) is 21.0 Å². The number of H-pyrrole nitrogens is 2. The van der Waals surface area contributed by atoms with Gasteiger partial charge in [-0.05, 0) is 12.1 Å². The lowest BCUT2D eigenvalue weighted by Crippen LogP contribution is -2.13. The summed E-state index contributed by atoms with van der Waals surface area (Å²) in [6.45, 7) is 0. The highest BCUT2D eigenvalue weighted by Gasteiger charge is 2.07. The van der Waals surface area contributed by atoms with E-state index < -0.39 is 0 Å². The van der Waals surface area contributed by atoms with Crippen LogP contribution < -0.4 is 11.4 Å². The number of amidine groups is 1. The molecule has 0 aliphatic rings. The zero-order valence-electron chi connectivity index (χ0n) is 7.11. The molecule has 1 heterocycles. The van der Waals surface area contributed by atoms with Crippen molar-refractivity contribution in [2.75, 3.05) is 0 Å². The van der Waals surface area contributed by atoms with Gasteiger partial charge in [0.2, 0.25) is 0 Å². The van der Waals surface area contributed by atoms with Crippen LogP contribution in [0.25, 0.3) is 11.0 Å². The van der Waals surface area contributed by atoms with Crippen LogP contribution in [0, 0.1) is 0 Å². The van der Waals surface area contributed by atoms with Gasteiger partial charge in [0.25, 0.3) is 0 Å². The maximum Gasteiger partial charge on any atom is 0.323 e. The van der Waals surface area contributed by atoms with Gasteiger partial charge in [-0.15, -0.1) is 0 Å². The third-order valence-corrected chi connectivity index (χ3v) is 1.93. The Balaban J connectivity index is 2.83. The predicted octanol–water partition coefficient (Wildman–Crippen LogP) is -0.0493. The largest absolute Gasteiger partial charge is 0.409 e. The number of nitrogens with zero attached hydrogens (tertiary/aromatic N) is 1.